The summed E-state index contributed by atoms with van der Waals surface area (Å²) in [6.45, 7) is 4.02. The Morgan fingerprint density at radius 2 is 1.90 bits per heavy atom. The van der Waals surface area contributed by atoms with Gasteiger partial charge in [0.25, 0.3) is 0 Å². The SMILES string of the molecule is CNC1C(S(=O)(=O)c2ccc(F)c(F)c2)CCC1(C)C. The fourth-order valence-electron chi connectivity index (χ4n) is 3.08. The van der Waals surface area contributed by atoms with Crippen molar-refractivity contribution in [2.45, 2.75) is 42.9 Å². The largest absolute Gasteiger partial charge is 0.315 e. The quantitative estimate of drug-likeness (QED) is 0.873. The summed E-state index contributed by atoms with van der Waals surface area (Å²) in [5.74, 6) is -2.18. The molecule has 1 aliphatic carbocycles. The van der Waals surface area contributed by atoms with E-state index >= 15 is 0 Å². The van der Waals surface area contributed by atoms with Gasteiger partial charge in [-0.15, -0.1) is 0 Å². The number of hydrogen-bond acceptors (Lipinski definition) is 3. The zero-order valence-electron chi connectivity index (χ0n) is 11.8. The summed E-state index contributed by atoms with van der Waals surface area (Å²) in [6, 6.07) is 2.55. The van der Waals surface area contributed by atoms with E-state index in [-0.39, 0.29) is 16.4 Å². The molecule has 0 amide bonds. The van der Waals surface area contributed by atoms with Crippen LogP contribution in [0.25, 0.3) is 0 Å². The Hall–Kier alpha value is -1.01. The van der Waals surface area contributed by atoms with E-state index in [0.717, 1.165) is 24.6 Å². The summed E-state index contributed by atoms with van der Waals surface area (Å²) in [4.78, 5) is -0.153. The van der Waals surface area contributed by atoms with Gasteiger partial charge in [0, 0.05) is 6.04 Å². The first-order valence-corrected chi connectivity index (χ1v) is 8.11. The third-order valence-corrected chi connectivity index (χ3v) is 6.43. The van der Waals surface area contributed by atoms with Crippen LogP contribution in [0.3, 0.4) is 0 Å². The summed E-state index contributed by atoms with van der Waals surface area (Å²) in [5, 5.41) is 2.44. The molecule has 0 aliphatic heterocycles. The zero-order valence-corrected chi connectivity index (χ0v) is 12.6. The second-order valence-corrected chi connectivity index (χ2v) is 8.12. The Bertz CT molecular complexity index is 614. The van der Waals surface area contributed by atoms with Crippen LogP contribution in [-0.2, 0) is 9.84 Å². The van der Waals surface area contributed by atoms with E-state index in [1.807, 2.05) is 13.8 Å². The molecule has 20 heavy (non-hydrogen) atoms. The van der Waals surface area contributed by atoms with Gasteiger partial charge in [0.1, 0.15) is 0 Å². The fourth-order valence-corrected chi connectivity index (χ4v) is 5.25. The highest BCUT2D eigenvalue weighted by Gasteiger charge is 2.47. The molecular formula is C14H19F2NO2S. The van der Waals surface area contributed by atoms with Gasteiger partial charge in [-0.2, -0.15) is 0 Å². The van der Waals surface area contributed by atoms with Gasteiger partial charge >= 0.3 is 0 Å². The molecular weight excluding hydrogens is 284 g/mol. The molecule has 0 radical (unpaired) electrons. The van der Waals surface area contributed by atoms with E-state index in [1.165, 1.54) is 0 Å². The molecule has 112 valence electrons. The molecule has 2 rings (SSSR count). The maximum Gasteiger partial charge on any atom is 0.182 e. The van der Waals surface area contributed by atoms with E-state index in [0.29, 0.717) is 6.42 Å². The molecule has 0 bridgehead atoms. The number of halogens is 2. The summed E-state index contributed by atoms with van der Waals surface area (Å²) in [7, 11) is -1.95. The average molecular weight is 303 g/mol. The molecule has 0 heterocycles. The minimum Gasteiger partial charge on any atom is -0.315 e. The molecule has 1 fully saturated rings. The second-order valence-electron chi connectivity index (χ2n) is 5.95. The topological polar surface area (TPSA) is 46.2 Å². The van der Waals surface area contributed by atoms with Gasteiger partial charge in [0.15, 0.2) is 21.5 Å². The molecule has 6 heteroatoms. The zero-order chi connectivity index (χ0) is 15.1. The minimum atomic E-state index is -3.68. The van der Waals surface area contributed by atoms with Crippen molar-refractivity contribution < 1.29 is 17.2 Å². The van der Waals surface area contributed by atoms with Crippen LogP contribution in [0.1, 0.15) is 26.7 Å². The van der Waals surface area contributed by atoms with Crippen molar-refractivity contribution in [1.29, 1.82) is 0 Å². The number of nitrogens with one attached hydrogen (secondary N) is 1. The van der Waals surface area contributed by atoms with Crippen molar-refractivity contribution in [3.8, 4) is 0 Å². The fraction of sp³-hybridized carbons (Fsp3) is 0.571. The lowest BCUT2D eigenvalue weighted by Crippen LogP contribution is -2.45. The van der Waals surface area contributed by atoms with Crippen LogP contribution >= 0.6 is 0 Å². The number of sulfone groups is 1. The lowest BCUT2D eigenvalue weighted by atomic mass is 9.87. The maximum atomic E-state index is 13.3. The standard InChI is InChI=1S/C14H19F2NO2S/c1-14(2)7-6-12(13(14)17-3)20(18,19)9-4-5-10(15)11(16)8-9/h4-5,8,12-13,17H,6-7H2,1-3H3. The Morgan fingerprint density at radius 1 is 1.25 bits per heavy atom. The monoisotopic (exact) mass is 303 g/mol. The van der Waals surface area contributed by atoms with E-state index in [1.54, 1.807) is 7.05 Å². The highest BCUT2D eigenvalue weighted by Crippen LogP contribution is 2.42. The van der Waals surface area contributed by atoms with Crippen molar-refractivity contribution >= 4 is 9.84 Å². The van der Waals surface area contributed by atoms with Crippen molar-refractivity contribution in [2.75, 3.05) is 7.05 Å². The van der Waals surface area contributed by atoms with Gasteiger partial charge < -0.3 is 5.32 Å². The second kappa shape index (κ2) is 5.07. The molecule has 3 nitrogen and oxygen atoms in total. The molecule has 0 saturated heterocycles. The molecule has 1 aliphatic rings. The number of rotatable bonds is 3. The van der Waals surface area contributed by atoms with Gasteiger partial charge in [0.05, 0.1) is 10.1 Å². The summed E-state index contributed by atoms with van der Waals surface area (Å²) in [6.07, 6.45) is 1.28. The minimum absolute atomic E-state index is 0.148. The lowest BCUT2D eigenvalue weighted by molar-refractivity contribution is 0.297. The van der Waals surface area contributed by atoms with E-state index in [2.05, 4.69) is 5.32 Å². The average Bonchev–Trinajstić information content (AvgIpc) is 2.68. The van der Waals surface area contributed by atoms with Crippen LogP contribution < -0.4 is 5.32 Å². The Morgan fingerprint density at radius 3 is 2.45 bits per heavy atom. The van der Waals surface area contributed by atoms with Crippen molar-refractivity contribution in [2.24, 2.45) is 5.41 Å². The van der Waals surface area contributed by atoms with Gasteiger partial charge in [-0.1, -0.05) is 13.8 Å². The first-order valence-electron chi connectivity index (χ1n) is 6.56. The third kappa shape index (κ3) is 2.46. The summed E-state index contributed by atoms with van der Waals surface area (Å²) < 4.78 is 51.5. The lowest BCUT2D eigenvalue weighted by Gasteiger charge is -2.30. The number of hydrogen-bond donors (Lipinski definition) is 1. The molecule has 1 aromatic carbocycles. The van der Waals surface area contributed by atoms with Crippen molar-refractivity contribution in [3.05, 3.63) is 29.8 Å². The Kier molecular flexibility index (Phi) is 3.90. The molecule has 1 saturated carbocycles. The van der Waals surface area contributed by atoms with Crippen molar-refractivity contribution in [3.63, 3.8) is 0 Å². The van der Waals surface area contributed by atoms with Gasteiger partial charge in [0.2, 0.25) is 0 Å². The summed E-state index contributed by atoms with van der Waals surface area (Å²) in [5.41, 5.74) is -0.148. The van der Waals surface area contributed by atoms with Crippen LogP contribution in [0.2, 0.25) is 0 Å². The first-order chi connectivity index (χ1) is 9.20. The van der Waals surface area contributed by atoms with Gasteiger partial charge in [-0.3, -0.25) is 0 Å². The molecule has 1 aromatic rings. The van der Waals surface area contributed by atoms with Crippen LogP contribution in [0.5, 0.6) is 0 Å². The van der Waals surface area contributed by atoms with E-state index < -0.39 is 26.7 Å². The predicted molar refractivity (Wildman–Crippen MR) is 73.2 cm³/mol. The molecule has 0 spiro atoms. The highest BCUT2D eigenvalue weighted by molar-refractivity contribution is 7.92. The third-order valence-electron chi connectivity index (χ3n) is 4.22. The van der Waals surface area contributed by atoms with Gasteiger partial charge in [-0.25, -0.2) is 17.2 Å². The van der Waals surface area contributed by atoms with Crippen LogP contribution in [0.15, 0.2) is 23.1 Å². The highest BCUT2D eigenvalue weighted by atomic mass is 32.2. The van der Waals surface area contributed by atoms with Crippen molar-refractivity contribution in [1.82, 2.24) is 5.32 Å². The van der Waals surface area contributed by atoms with Crippen LogP contribution in [0.4, 0.5) is 8.78 Å². The molecule has 2 unspecified atom stereocenters. The predicted octanol–water partition coefficient (Wildman–Crippen LogP) is 2.52. The molecule has 2 atom stereocenters. The molecule has 0 aromatic heterocycles. The van der Waals surface area contributed by atoms with Crippen LogP contribution in [0, 0.1) is 17.0 Å². The van der Waals surface area contributed by atoms with Gasteiger partial charge in [-0.05, 0) is 43.5 Å². The Balaban J connectivity index is 2.42. The van der Waals surface area contributed by atoms with E-state index in [4.69, 9.17) is 0 Å². The first kappa shape index (κ1) is 15.4. The smallest absolute Gasteiger partial charge is 0.182 e. The normalized spacial score (nSPS) is 25.9. The van der Waals surface area contributed by atoms with Crippen LogP contribution in [-0.4, -0.2) is 26.8 Å². The Labute approximate surface area is 118 Å². The summed E-state index contributed by atoms with van der Waals surface area (Å²) >= 11 is 0. The van der Waals surface area contributed by atoms with E-state index in [9.17, 15) is 17.2 Å². The maximum absolute atomic E-state index is 13.3. The molecule has 1 N–H and O–H groups in total. The number of benzene rings is 1.